The van der Waals surface area contributed by atoms with Crippen LogP contribution in [-0.4, -0.2) is 35.9 Å². The number of rotatable bonds is 7. The number of carbonyl (C=O) groups excluding carboxylic acids is 1. The average molecular weight is 421 g/mol. The molecule has 1 amide bonds. The second-order valence-corrected chi connectivity index (χ2v) is 7.04. The fourth-order valence-electron chi connectivity index (χ4n) is 2.65. The summed E-state index contributed by atoms with van der Waals surface area (Å²) < 4.78 is 14.9. The minimum atomic E-state index is -0.376. The lowest BCUT2D eigenvalue weighted by molar-refractivity contribution is 0.0944. The molecular formula is C20H16FN7OS. The standard InChI is InChI=1S/C20H16FN7OS/c21-14-5-7-16(8-6-14)28-17(13-30-20-23-10-3-11-24-20)18(26-27-28)19(29)25-12-15-4-1-2-9-22-15/h1-11H,12-13H2,(H,25,29). The maximum absolute atomic E-state index is 13.3. The Hall–Kier alpha value is -3.66. The first-order valence-electron chi connectivity index (χ1n) is 8.99. The van der Waals surface area contributed by atoms with Crippen LogP contribution in [0.1, 0.15) is 21.9 Å². The van der Waals surface area contributed by atoms with Gasteiger partial charge in [-0.05, 0) is 42.5 Å². The number of amides is 1. The van der Waals surface area contributed by atoms with Crippen LogP contribution >= 0.6 is 11.8 Å². The molecule has 150 valence electrons. The third kappa shape index (κ3) is 4.66. The highest BCUT2D eigenvalue weighted by molar-refractivity contribution is 7.98. The van der Waals surface area contributed by atoms with Gasteiger partial charge in [0.1, 0.15) is 5.82 Å². The van der Waals surface area contributed by atoms with Crippen molar-refractivity contribution in [3.8, 4) is 5.69 Å². The van der Waals surface area contributed by atoms with Gasteiger partial charge in [0.25, 0.3) is 5.91 Å². The molecule has 30 heavy (non-hydrogen) atoms. The van der Waals surface area contributed by atoms with Crippen LogP contribution in [0.5, 0.6) is 0 Å². The zero-order valence-electron chi connectivity index (χ0n) is 15.6. The van der Waals surface area contributed by atoms with Crippen LogP contribution in [0, 0.1) is 5.82 Å². The van der Waals surface area contributed by atoms with Crippen LogP contribution in [-0.2, 0) is 12.3 Å². The van der Waals surface area contributed by atoms with Crippen molar-refractivity contribution in [1.29, 1.82) is 0 Å². The van der Waals surface area contributed by atoms with Crippen LogP contribution < -0.4 is 5.32 Å². The third-order valence-corrected chi connectivity index (χ3v) is 4.97. The fourth-order valence-corrected chi connectivity index (χ4v) is 3.44. The van der Waals surface area contributed by atoms with E-state index in [1.807, 2.05) is 12.1 Å². The lowest BCUT2D eigenvalue weighted by Crippen LogP contribution is -2.25. The van der Waals surface area contributed by atoms with Crippen molar-refractivity contribution in [2.45, 2.75) is 17.5 Å². The third-order valence-electron chi connectivity index (χ3n) is 4.09. The molecule has 0 fully saturated rings. The molecule has 3 heterocycles. The van der Waals surface area contributed by atoms with Crippen LogP contribution in [0.25, 0.3) is 5.69 Å². The second-order valence-electron chi connectivity index (χ2n) is 6.10. The zero-order valence-corrected chi connectivity index (χ0v) is 16.5. The predicted molar refractivity (Wildman–Crippen MR) is 108 cm³/mol. The van der Waals surface area contributed by atoms with Gasteiger partial charge >= 0.3 is 0 Å². The summed E-state index contributed by atoms with van der Waals surface area (Å²) in [7, 11) is 0. The normalized spacial score (nSPS) is 10.7. The number of aromatic nitrogens is 6. The van der Waals surface area contributed by atoms with Gasteiger partial charge in [-0.2, -0.15) is 0 Å². The summed E-state index contributed by atoms with van der Waals surface area (Å²) in [6.07, 6.45) is 4.95. The Morgan fingerprint density at radius 3 is 2.50 bits per heavy atom. The Balaban J connectivity index is 1.60. The Morgan fingerprint density at radius 1 is 1.00 bits per heavy atom. The van der Waals surface area contributed by atoms with E-state index in [-0.39, 0.29) is 24.0 Å². The molecule has 0 spiro atoms. The number of pyridine rings is 1. The highest BCUT2D eigenvalue weighted by Crippen LogP contribution is 2.23. The highest BCUT2D eigenvalue weighted by atomic mass is 32.2. The van der Waals surface area contributed by atoms with E-state index in [4.69, 9.17) is 0 Å². The predicted octanol–water partition coefficient (Wildman–Crippen LogP) is 2.81. The number of hydrogen-bond donors (Lipinski definition) is 1. The van der Waals surface area contributed by atoms with E-state index in [0.29, 0.717) is 22.3 Å². The molecule has 1 N–H and O–H groups in total. The number of benzene rings is 1. The molecule has 0 aliphatic carbocycles. The summed E-state index contributed by atoms with van der Waals surface area (Å²) in [5.74, 6) is -0.389. The molecule has 4 aromatic rings. The summed E-state index contributed by atoms with van der Waals surface area (Å²) in [4.78, 5) is 25.4. The number of thioether (sulfide) groups is 1. The van der Waals surface area contributed by atoms with E-state index in [0.717, 1.165) is 5.69 Å². The molecule has 0 unspecified atom stereocenters. The molecule has 1 aromatic carbocycles. The van der Waals surface area contributed by atoms with Gasteiger partial charge in [0.05, 0.1) is 23.6 Å². The number of hydrogen-bond acceptors (Lipinski definition) is 7. The Morgan fingerprint density at radius 2 is 1.77 bits per heavy atom. The van der Waals surface area contributed by atoms with Crippen molar-refractivity contribution in [3.05, 3.63) is 90.0 Å². The van der Waals surface area contributed by atoms with Crippen LogP contribution in [0.2, 0.25) is 0 Å². The first-order chi connectivity index (χ1) is 14.7. The fraction of sp³-hybridized carbons (Fsp3) is 0.100. The van der Waals surface area contributed by atoms with E-state index in [1.165, 1.54) is 28.6 Å². The monoisotopic (exact) mass is 421 g/mol. The summed E-state index contributed by atoms with van der Waals surface area (Å²) in [6.45, 7) is 0.261. The van der Waals surface area contributed by atoms with E-state index in [2.05, 4.69) is 30.6 Å². The van der Waals surface area contributed by atoms with Gasteiger partial charge in [-0.15, -0.1) is 5.10 Å². The van der Waals surface area contributed by atoms with E-state index >= 15 is 0 Å². The van der Waals surface area contributed by atoms with Crippen molar-refractivity contribution in [2.24, 2.45) is 0 Å². The minimum Gasteiger partial charge on any atom is -0.345 e. The molecule has 0 aliphatic rings. The highest BCUT2D eigenvalue weighted by Gasteiger charge is 2.21. The summed E-state index contributed by atoms with van der Waals surface area (Å²) in [5.41, 5.74) is 2.05. The van der Waals surface area contributed by atoms with E-state index < -0.39 is 0 Å². The molecular weight excluding hydrogens is 405 g/mol. The first-order valence-corrected chi connectivity index (χ1v) is 9.98. The maximum Gasteiger partial charge on any atom is 0.274 e. The summed E-state index contributed by atoms with van der Waals surface area (Å²) in [5, 5.41) is 11.6. The molecule has 0 radical (unpaired) electrons. The maximum atomic E-state index is 13.3. The van der Waals surface area contributed by atoms with Crippen molar-refractivity contribution in [2.75, 3.05) is 0 Å². The molecule has 3 aromatic heterocycles. The first kappa shape index (κ1) is 19.6. The number of nitrogens with zero attached hydrogens (tertiary/aromatic N) is 6. The van der Waals surface area contributed by atoms with Crippen LogP contribution in [0.15, 0.2) is 72.3 Å². The van der Waals surface area contributed by atoms with E-state index in [1.54, 1.807) is 42.9 Å². The SMILES string of the molecule is O=C(NCc1ccccn1)c1nnn(-c2ccc(F)cc2)c1CSc1ncccn1. The van der Waals surface area contributed by atoms with Gasteiger partial charge in [0, 0.05) is 24.3 Å². The molecule has 0 atom stereocenters. The second kappa shape index (κ2) is 9.23. The Bertz CT molecular complexity index is 1120. The lowest BCUT2D eigenvalue weighted by Gasteiger charge is -2.08. The molecule has 0 bridgehead atoms. The van der Waals surface area contributed by atoms with Gasteiger partial charge in [0.2, 0.25) is 0 Å². The average Bonchev–Trinajstić information content (AvgIpc) is 3.22. The number of carbonyl (C=O) groups is 1. The Labute approximate surface area is 175 Å². The summed E-state index contributed by atoms with van der Waals surface area (Å²) in [6, 6.07) is 13.0. The smallest absolute Gasteiger partial charge is 0.274 e. The van der Waals surface area contributed by atoms with Gasteiger partial charge in [-0.1, -0.05) is 23.0 Å². The quantitative estimate of drug-likeness (QED) is 0.362. The molecule has 0 aliphatic heterocycles. The molecule has 4 rings (SSSR count). The molecule has 10 heteroatoms. The van der Waals surface area contributed by atoms with Gasteiger partial charge in [0.15, 0.2) is 10.9 Å². The van der Waals surface area contributed by atoms with Gasteiger partial charge in [-0.3, -0.25) is 9.78 Å². The van der Waals surface area contributed by atoms with Crippen molar-refractivity contribution in [1.82, 2.24) is 35.3 Å². The topological polar surface area (TPSA) is 98.5 Å². The van der Waals surface area contributed by atoms with Crippen molar-refractivity contribution in [3.63, 3.8) is 0 Å². The van der Waals surface area contributed by atoms with Crippen molar-refractivity contribution >= 4 is 17.7 Å². The molecule has 0 saturated heterocycles. The summed E-state index contributed by atoms with van der Waals surface area (Å²) >= 11 is 1.35. The van der Waals surface area contributed by atoms with Crippen molar-refractivity contribution < 1.29 is 9.18 Å². The zero-order chi connectivity index (χ0) is 20.8. The Kier molecular flexibility index (Phi) is 6.04. The number of halogens is 1. The van der Waals surface area contributed by atoms with Gasteiger partial charge in [-0.25, -0.2) is 19.0 Å². The largest absolute Gasteiger partial charge is 0.345 e. The molecule has 8 nitrogen and oxygen atoms in total. The number of nitrogens with one attached hydrogen (secondary N) is 1. The van der Waals surface area contributed by atoms with E-state index in [9.17, 15) is 9.18 Å². The lowest BCUT2D eigenvalue weighted by atomic mass is 10.2. The minimum absolute atomic E-state index is 0.179. The molecule has 0 saturated carbocycles. The van der Waals surface area contributed by atoms with Crippen LogP contribution in [0.4, 0.5) is 4.39 Å². The van der Waals surface area contributed by atoms with Gasteiger partial charge < -0.3 is 5.32 Å². The van der Waals surface area contributed by atoms with Crippen LogP contribution in [0.3, 0.4) is 0 Å².